The molecular weight excluding hydrogens is 506 g/mol. The Hall–Kier alpha value is -2.98. The molecule has 1 N–H and O–H groups in total. The van der Waals surface area contributed by atoms with E-state index in [0.29, 0.717) is 33.1 Å². The maximum Gasteiger partial charge on any atom is 0.416 e. The van der Waals surface area contributed by atoms with Crippen molar-refractivity contribution in [1.82, 2.24) is 14.3 Å². The highest BCUT2D eigenvalue weighted by molar-refractivity contribution is 7.99. The molecule has 4 aromatic rings. The molecule has 4 rings (SSSR count). The second-order valence-corrected chi connectivity index (χ2v) is 9.45. The molecule has 0 aliphatic carbocycles. The lowest BCUT2D eigenvalue weighted by Crippen LogP contribution is -2.12. The predicted molar refractivity (Wildman–Crippen MR) is 126 cm³/mol. The van der Waals surface area contributed by atoms with Crippen molar-refractivity contribution in [2.75, 3.05) is 0 Å². The van der Waals surface area contributed by atoms with Gasteiger partial charge in [-0.25, -0.2) is 4.39 Å². The minimum Gasteiger partial charge on any atom is -0.481 e. The van der Waals surface area contributed by atoms with Gasteiger partial charge >= 0.3 is 12.1 Å². The van der Waals surface area contributed by atoms with Crippen LogP contribution >= 0.6 is 23.4 Å². The number of aryl methyl sites for hydroxylation is 1. The number of carboxylic acid groups (broad SMARTS) is 1. The third kappa shape index (κ3) is 4.90. The minimum atomic E-state index is -4.68. The van der Waals surface area contributed by atoms with Crippen molar-refractivity contribution < 1.29 is 27.5 Å². The highest BCUT2D eigenvalue weighted by Crippen LogP contribution is 2.43. The Bertz CT molecular complexity index is 1430. The van der Waals surface area contributed by atoms with Crippen molar-refractivity contribution >= 4 is 40.2 Å². The molecule has 184 valence electrons. The van der Waals surface area contributed by atoms with Crippen LogP contribution in [0.4, 0.5) is 17.6 Å². The summed E-state index contributed by atoms with van der Waals surface area (Å²) >= 11 is 7.21. The van der Waals surface area contributed by atoms with Crippen molar-refractivity contribution in [3.8, 4) is 5.69 Å². The first-order chi connectivity index (χ1) is 16.5. The van der Waals surface area contributed by atoms with Crippen LogP contribution < -0.4 is 0 Å². The summed E-state index contributed by atoms with van der Waals surface area (Å²) < 4.78 is 58.8. The lowest BCUT2D eigenvalue weighted by molar-refractivity contribution is -0.139. The maximum absolute atomic E-state index is 15.2. The lowest BCUT2D eigenvalue weighted by Gasteiger charge is -2.13. The zero-order valence-electron chi connectivity index (χ0n) is 18.7. The molecule has 2 aromatic heterocycles. The quantitative estimate of drug-likeness (QED) is 0.261. The van der Waals surface area contributed by atoms with Gasteiger partial charge in [0.2, 0.25) is 0 Å². The Labute approximate surface area is 207 Å². The van der Waals surface area contributed by atoms with E-state index in [9.17, 15) is 18.0 Å². The van der Waals surface area contributed by atoms with Gasteiger partial charge in [0.25, 0.3) is 0 Å². The van der Waals surface area contributed by atoms with Crippen LogP contribution in [0.15, 0.2) is 52.5 Å². The van der Waals surface area contributed by atoms with Gasteiger partial charge in [0, 0.05) is 33.6 Å². The predicted octanol–water partition coefficient (Wildman–Crippen LogP) is 7.14. The Kier molecular flexibility index (Phi) is 6.88. The fourth-order valence-corrected chi connectivity index (χ4v) is 5.25. The molecule has 0 spiro atoms. The van der Waals surface area contributed by atoms with Crippen LogP contribution in [-0.4, -0.2) is 25.4 Å². The van der Waals surface area contributed by atoms with Gasteiger partial charge in [0.15, 0.2) is 5.82 Å². The van der Waals surface area contributed by atoms with Crippen LogP contribution in [0.3, 0.4) is 0 Å². The largest absolute Gasteiger partial charge is 0.481 e. The van der Waals surface area contributed by atoms with Crippen molar-refractivity contribution in [1.29, 1.82) is 0 Å². The van der Waals surface area contributed by atoms with Crippen LogP contribution in [0.5, 0.6) is 0 Å². The monoisotopic (exact) mass is 525 g/mol. The number of carbonyl (C=O) groups is 1. The summed E-state index contributed by atoms with van der Waals surface area (Å²) in [5.41, 5.74) is 0.150. The number of aliphatic carboxylic acids is 1. The summed E-state index contributed by atoms with van der Waals surface area (Å²) in [5, 5.41) is 13.9. The van der Waals surface area contributed by atoms with E-state index in [1.54, 1.807) is 34.6 Å². The third-order valence-electron chi connectivity index (χ3n) is 5.48. The number of hydrogen-bond donors (Lipinski definition) is 1. The molecule has 2 heterocycles. The van der Waals surface area contributed by atoms with Crippen molar-refractivity contribution in [2.45, 2.75) is 49.2 Å². The average molecular weight is 526 g/mol. The normalized spacial score (nSPS) is 12.0. The Balaban J connectivity index is 1.87. The lowest BCUT2D eigenvalue weighted by atomic mass is 10.0. The fraction of sp³-hybridized carbons (Fsp3) is 0.250. The average Bonchev–Trinajstić information content (AvgIpc) is 3.33. The molecule has 0 fully saturated rings. The molecule has 0 amide bonds. The molecule has 0 aliphatic heterocycles. The van der Waals surface area contributed by atoms with Crippen LogP contribution in [0.1, 0.15) is 30.2 Å². The van der Waals surface area contributed by atoms with Crippen LogP contribution in [0.2, 0.25) is 5.02 Å². The standard InChI is InChI=1S/C24H20ClF4N3O2S/c1-3-8-31-12-15(11-30-31)32-13(2)23(17-5-7-19(25)21(26)22(17)32)35-16-4-6-18(24(27,28)29)14(9-16)10-20(33)34/h4-7,9,11-12H,3,8,10H2,1-2H3,(H,33,34). The third-order valence-corrected chi connectivity index (χ3v) is 6.98. The summed E-state index contributed by atoms with van der Waals surface area (Å²) in [5.74, 6) is -1.99. The number of halogens is 5. The van der Waals surface area contributed by atoms with E-state index in [0.717, 1.165) is 24.2 Å². The number of benzene rings is 2. The summed E-state index contributed by atoms with van der Waals surface area (Å²) in [7, 11) is 0. The fourth-order valence-electron chi connectivity index (χ4n) is 4.01. The van der Waals surface area contributed by atoms with E-state index < -0.39 is 29.9 Å². The number of fused-ring (bicyclic) bond motifs is 1. The zero-order valence-corrected chi connectivity index (χ0v) is 20.2. The van der Waals surface area contributed by atoms with Crippen LogP contribution in [0, 0.1) is 12.7 Å². The molecule has 0 saturated heterocycles. The van der Waals surface area contributed by atoms with Gasteiger partial charge in [0.1, 0.15) is 0 Å². The molecule has 0 unspecified atom stereocenters. The number of hydrogen-bond acceptors (Lipinski definition) is 3. The molecule has 35 heavy (non-hydrogen) atoms. The van der Waals surface area contributed by atoms with E-state index in [4.69, 9.17) is 16.7 Å². The van der Waals surface area contributed by atoms with E-state index in [2.05, 4.69) is 5.10 Å². The van der Waals surface area contributed by atoms with Crippen molar-refractivity contribution in [3.05, 3.63) is 70.4 Å². The molecule has 0 aliphatic rings. The van der Waals surface area contributed by atoms with Gasteiger partial charge in [-0.1, -0.05) is 30.3 Å². The summed E-state index contributed by atoms with van der Waals surface area (Å²) in [6.07, 6.45) is -1.20. The SMILES string of the molecule is CCCn1cc(-n2c(C)c(Sc3ccc(C(F)(F)F)c(CC(=O)O)c3)c3ccc(Cl)c(F)c32)cn1. The van der Waals surface area contributed by atoms with E-state index in [1.807, 2.05) is 6.92 Å². The molecule has 0 bridgehead atoms. The minimum absolute atomic E-state index is 0.0629. The highest BCUT2D eigenvalue weighted by atomic mass is 35.5. The van der Waals surface area contributed by atoms with Crippen molar-refractivity contribution in [3.63, 3.8) is 0 Å². The van der Waals surface area contributed by atoms with Gasteiger partial charge in [-0.3, -0.25) is 9.48 Å². The van der Waals surface area contributed by atoms with E-state index in [-0.39, 0.29) is 16.1 Å². The van der Waals surface area contributed by atoms with Crippen LogP contribution in [0.25, 0.3) is 16.6 Å². The first kappa shape index (κ1) is 25.1. The second-order valence-electron chi connectivity index (χ2n) is 7.96. The molecular formula is C24H20ClF4N3O2S. The summed E-state index contributed by atoms with van der Waals surface area (Å²) in [6.45, 7) is 4.46. The van der Waals surface area contributed by atoms with Gasteiger partial charge < -0.3 is 9.67 Å². The molecule has 5 nitrogen and oxygen atoms in total. The van der Waals surface area contributed by atoms with Gasteiger partial charge in [-0.15, -0.1) is 0 Å². The number of carboxylic acids is 1. The van der Waals surface area contributed by atoms with Gasteiger partial charge in [-0.05, 0) is 49.2 Å². The Morgan fingerprint density at radius 3 is 2.63 bits per heavy atom. The molecule has 0 radical (unpaired) electrons. The molecule has 0 atom stereocenters. The number of aromatic nitrogens is 3. The molecule has 2 aromatic carbocycles. The van der Waals surface area contributed by atoms with Crippen molar-refractivity contribution in [2.24, 2.45) is 0 Å². The first-order valence-electron chi connectivity index (χ1n) is 10.6. The smallest absolute Gasteiger partial charge is 0.416 e. The maximum atomic E-state index is 15.2. The number of rotatable bonds is 7. The summed E-state index contributed by atoms with van der Waals surface area (Å²) in [6, 6.07) is 6.46. The highest BCUT2D eigenvalue weighted by Gasteiger charge is 2.34. The van der Waals surface area contributed by atoms with Gasteiger partial charge in [0.05, 0.1) is 34.4 Å². The van der Waals surface area contributed by atoms with Crippen LogP contribution in [-0.2, 0) is 23.9 Å². The Morgan fingerprint density at radius 2 is 1.97 bits per heavy atom. The Morgan fingerprint density at radius 1 is 1.23 bits per heavy atom. The first-order valence-corrected chi connectivity index (χ1v) is 11.8. The summed E-state index contributed by atoms with van der Waals surface area (Å²) in [4.78, 5) is 12.2. The topological polar surface area (TPSA) is 60.0 Å². The molecule has 11 heteroatoms. The number of nitrogens with zero attached hydrogens (tertiary/aromatic N) is 3. The second kappa shape index (κ2) is 9.58. The van der Waals surface area contributed by atoms with E-state index >= 15 is 4.39 Å². The van der Waals surface area contributed by atoms with E-state index in [1.165, 1.54) is 18.2 Å². The van der Waals surface area contributed by atoms with Gasteiger partial charge in [-0.2, -0.15) is 18.3 Å². The molecule has 0 saturated carbocycles. The number of alkyl halides is 3. The zero-order chi connectivity index (χ0) is 25.5.